The van der Waals surface area contributed by atoms with Crippen LogP contribution in [0.1, 0.15) is 71.9 Å². The van der Waals surface area contributed by atoms with E-state index in [9.17, 15) is 0 Å². The van der Waals surface area contributed by atoms with Gasteiger partial charge < -0.3 is 10.6 Å². The van der Waals surface area contributed by atoms with Crippen LogP contribution in [0.25, 0.3) is 10.8 Å². The van der Waals surface area contributed by atoms with E-state index in [1.165, 1.54) is 27.5 Å². The van der Waals surface area contributed by atoms with Gasteiger partial charge in [0.25, 0.3) is 0 Å². The van der Waals surface area contributed by atoms with E-state index in [1.807, 2.05) is 12.1 Å². The Kier molecular flexibility index (Phi) is 15.0. The molecule has 0 spiro atoms. The second-order valence-corrected chi connectivity index (χ2v) is 12.7. The number of benzene rings is 3. The van der Waals surface area contributed by atoms with Crippen LogP contribution in [0, 0.1) is 17.8 Å². The third-order valence-electron chi connectivity index (χ3n) is 7.50. The summed E-state index contributed by atoms with van der Waals surface area (Å²) in [5.74, 6) is 1.50. The van der Waals surface area contributed by atoms with Gasteiger partial charge in [-0.3, -0.25) is 0 Å². The van der Waals surface area contributed by atoms with Gasteiger partial charge in [-0.05, 0) is 78.7 Å². The van der Waals surface area contributed by atoms with Gasteiger partial charge in [0.2, 0.25) is 0 Å². The summed E-state index contributed by atoms with van der Waals surface area (Å²) < 4.78 is 0. The Balaban J connectivity index is 0.000000468. The van der Waals surface area contributed by atoms with E-state index in [4.69, 9.17) is 0 Å². The van der Waals surface area contributed by atoms with E-state index < -0.39 is 0 Å². The Bertz CT molecular complexity index is 1270. The maximum Gasteiger partial charge on any atom is 0.0653 e. The third-order valence-corrected chi connectivity index (χ3v) is 7.50. The summed E-state index contributed by atoms with van der Waals surface area (Å²) in [5, 5.41) is 9.88. The molecule has 0 bridgehead atoms. The summed E-state index contributed by atoms with van der Waals surface area (Å²) in [6.07, 6.45) is 7.25. The van der Waals surface area contributed by atoms with E-state index >= 15 is 0 Å². The molecule has 2 nitrogen and oxygen atoms in total. The molecule has 0 aliphatic heterocycles. The first kappa shape index (κ1) is 34.7. The van der Waals surface area contributed by atoms with Crippen LogP contribution in [-0.4, -0.2) is 12.1 Å². The molecule has 3 rings (SSSR count). The van der Waals surface area contributed by atoms with Crippen molar-refractivity contribution in [1.29, 1.82) is 0 Å². The topological polar surface area (TPSA) is 24.1 Å². The summed E-state index contributed by atoms with van der Waals surface area (Å²) in [7, 11) is 0. The molecule has 0 fully saturated rings. The average molecular weight is 565 g/mol. The van der Waals surface area contributed by atoms with E-state index in [0.717, 1.165) is 43.5 Å². The van der Waals surface area contributed by atoms with Gasteiger partial charge in [-0.15, -0.1) is 13.2 Å². The van der Waals surface area contributed by atoms with Gasteiger partial charge in [-0.2, -0.15) is 0 Å². The molecule has 2 heteroatoms. The fourth-order valence-electron chi connectivity index (χ4n) is 5.03. The van der Waals surface area contributed by atoms with Gasteiger partial charge >= 0.3 is 0 Å². The number of rotatable bonds is 16. The van der Waals surface area contributed by atoms with Crippen molar-refractivity contribution in [2.45, 2.75) is 85.7 Å². The number of allylic oxidation sites excluding steroid dienone is 2. The minimum absolute atomic E-state index is 0.154. The van der Waals surface area contributed by atoms with Crippen LogP contribution in [0.15, 0.2) is 122 Å². The van der Waals surface area contributed by atoms with Gasteiger partial charge in [0, 0.05) is 17.4 Å². The van der Waals surface area contributed by atoms with Crippen LogP contribution in [0.5, 0.6) is 0 Å². The highest BCUT2D eigenvalue weighted by molar-refractivity contribution is 5.83. The monoisotopic (exact) mass is 564 g/mol. The van der Waals surface area contributed by atoms with Crippen molar-refractivity contribution in [2.24, 2.45) is 17.8 Å². The molecule has 42 heavy (non-hydrogen) atoms. The summed E-state index contributed by atoms with van der Waals surface area (Å²) in [6, 6.07) is 26.2. The number of aryl methyl sites for hydroxylation is 1. The van der Waals surface area contributed by atoms with Crippen LogP contribution in [-0.2, 0) is 12.8 Å². The lowest BCUT2D eigenvalue weighted by molar-refractivity contribution is 0.426. The zero-order valence-corrected chi connectivity index (χ0v) is 27.3. The lowest BCUT2D eigenvalue weighted by Crippen LogP contribution is -2.41. The summed E-state index contributed by atoms with van der Waals surface area (Å²) in [6.45, 7) is 29.9. The Labute approximate surface area is 257 Å². The van der Waals surface area contributed by atoms with Crippen molar-refractivity contribution in [3.05, 3.63) is 133 Å². The van der Waals surface area contributed by atoms with Crippen LogP contribution in [0.2, 0.25) is 0 Å². The Hall–Kier alpha value is -3.52. The fraction of sp³-hybridized carbons (Fsp3) is 0.400. The largest absolute Gasteiger partial charge is 0.381 e. The molecule has 3 aromatic carbocycles. The molecule has 0 aliphatic rings. The Morgan fingerprint density at radius 1 is 0.714 bits per heavy atom. The number of hydrogen-bond acceptors (Lipinski definition) is 2. The van der Waals surface area contributed by atoms with E-state index in [0.29, 0.717) is 17.8 Å². The van der Waals surface area contributed by atoms with E-state index in [1.54, 1.807) is 0 Å². The first-order valence-electron chi connectivity index (χ1n) is 15.7. The zero-order valence-electron chi connectivity index (χ0n) is 27.3. The Morgan fingerprint density at radius 3 is 1.93 bits per heavy atom. The fourth-order valence-corrected chi connectivity index (χ4v) is 5.03. The molecule has 0 heterocycles. The summed E-state index contributed by atoms with van der Waals surface area (Å²) in [5.41, 5.74) is 6.10. The van der Waals surface area contributed by atoms with Crippen molar-refractivity contribution in [1.82, 2.24) is 10.6 Å². The molecule has 0 amide bonds. The molecular weight excluding hydrogens is 508 g/mol. The number of fused-ring (bicyclic) bond motifs is 1. The molecule has 0 radical (unpaired) electrons. The second kappa shape index (κ2) is 18.1. The normalized spacial score (nSPS) is 13.0. The molecule has 2 N–H and O–H groups in total. The molecule has 0 saturated carbocycles. The highest BCUT2D eigenvalue weighted by Crippen LogP contribution is 2.22. The van der Waals surface area contributed by atoms with Crippen molar-refractivity contribution in [2.75, 3.05) is 0 Å². The highest BCUT2D eigenvalue weighted by Gasteiger charge is 2.20. The van der Waals surface area contributed by atoms with Gasteiger partial charge in [0.05, 0.1) is 6.04 Å². The predicted octanol–water partition coefficient (Wildman–Crippen LogP) is 10.4. The maximum atomic E-state index is 4.39. The minimum Gasteiger partial charge on any atom is -0.381 e. The standard InChI is InChI=1S/C29H42N2.C11H14/c1-9-28(16-20(2)3)30-24(8)29(17-21(4)5)31-23(7)22(6)18-25-14-15-26-12-10-11-13-27(26)19-25;1-10(2)8-9-11-6-4-3-5-7-11/h9-15,19-22,28-31H,1,7-8,16-18H2,2-6H3;3-7H,1,8-9H2,2H3/t22?,28?,29-;/m0./s1. The maximum absolute atomic E-state index is 4.39. The van der Waals surface area contributed by atoms with Gasteiger partial charge in [-0.1, -0.05) is 132 Å². The number of nitrogens with one attached hydrogen (secondary N) is 2. The molecule has 226 valence electrons. The van der Waals surface area contributed by atoms with Crippen molar-refractivity contribution >= 4 is 10.8 Å². The Morgan fingerprint density at radius 2 is 1.33 bits per heavy atom. The van der Waals surface area contributed by atoms with Crippen LogP contribution in [0.4, 0.5) is 0 Å². The summed E-state index contributed by atoms with van der Waals surface area (Å²) in [4.78, 5) is 0. The second-order valence-electron chi connectivity index (χ2n) is 12.7. The molecule has 0 aromatic heterocycles. The van der Waals surface area contributed by atoms with Gasteiger partial charge in [0.1, 0.15) is 0 Å². The van der Waals surface area contributed by atoms with Crippen LogP contribution in [0.3, 0.4) is 0 Å². The highest BCUT2D eigenvalue weighted by atomic mass is 15.0. The first-order chi connectivity index (χ1) is 20.0. The number of hydrogen-bond donors (Lipinski definition) is 2. The molecule has 3 atom stereocenters. The molecule has 0 saturated heterocycles. The smallest absolute Gasteiger partial charge is 0.0653 e. The quantitative estimate of drug-likeness (QED) is 0.169. The molecule has 2 unspecified atom stereocenters. The lowest BCUT2D eigenvalue weighted by atomic mass is 9.94. The molecule has 0 aliphatic carbocycles. The van der Waals surface area contributed by atoms with Crippen LogP contribution >= 0.6 is 0 Å². The SMILES string of the molecule is C=C(C)CCc1ccccc1.C=CC(CC(C)C)NC(=C)[C@H](CC(C)C)NC(=C)C(C)Cc1ccc2ccccc2c1. The van der Waals surface area contributed by atoms with Crippen molar-refractivity contribution in [3.63, 3.8) is 0 Å². The predicted molar refractivity (Wildman–Crippen MR) is 188 cm³/mol. The molecule has 3 aromatic rings. The van der Waals surface area contributed by atoms with Crippen molar-refractivity contribution in [3.8, 4) is 0 Å². The van der Waals surface area contributed by atoms with Gasteiger partial charge in [0.15, 0.2) is 0 Å². The average Bonchev–Trinajstić information content (AvgIpc) is 2.95. The van der Waals surface area contributed by atoms with E-state index in [2.05, 4.69) is 145 Å². The first-order valence-corrected chi connectivity index (χ1v) is 15.7. The molecular formula is C40H56N2. The zero-order chi connectivity index (χ0) is 31.1. The van der Waals surface area contributed by atoms with Crippen LogP contribution < -0.4 is 10.6 Å². The minimum atomic E-state index is 0.154. The van der Waals surface area contributed by atoms with Crippen molar-refractivity contribution < 1.29 is 0 Å². The van der Waals surface area contributed by atoms with Gasteiger partial charge in [-0.25, -0.2) is 0 Å². The lowest BCUT2D eigenvalue weighted by Gasteiger charge is -2.30. The van der Waals surface area contributed by atoms with E-state index in [-0.39, 0.29) is 12.1 Å². The third kappa shape index (κ3) is 13.0. The summed E-state index contributed by atoms with van der Waals surface area (Å²) >= 11 is 0.